The number of alkyl halides is 9. The number of hydrogen-bond donors (Lipinski definition) is 0. The average molecular weight is 814 g/mol. The Labute approximate surface area is 239 Å². The number of benzene rings is 3. The van der Waals surface area contributed by atoms with Crippen LogP contribution in [0.25, 0.3) is 0 Å². The van der Waals surface area contributed by atoms with Crippen LogP contribution < -0.4 is 0 Å². The van der Waals surface area contributed by atoms with Gasteiger partial charge in [0.2, 0.25) is 0 Å². The minimum absolute atomic E-state index is 0.143. The number of halogens is 11. The van der Waals surface area contributed by atoms with Gasteiger partial charge in [0.25, 0.3) is 0 Å². The zero-order valence-corrected chi connectivity index (χ0v) is 24.2. The van der Waals surface area contributed by atoms with Gasteiger partial charge < -0.3 is 0 Å². The predicted octanol–water partition coefficient (Wildman–Crippen LogP) is 8.86. The Morgan fingerprint density at radius 3 is 1.29 bits per heavy atom. The molecule has 0 N–H and O–H groups in total. The molecule has 0 aliphatic heterocycles. The van der Waals surface area contributed by atoms with Crippen LogP contribution >= 0.6 is 55.5 Å². The van der Waals surface area contributed by atoms with E-state index in [1.165, 1.54) is 78.9 Å². The van der Waals surface area contributed by atoms with Gasteiger partial charge in [-0.25, -0.2) is 3.63 Å². The maximum absolute atomic E-state index is 14.8. The van der Waals surface area contributed by atoms with Gasteiger partial charge in [-0.3, -0.25) is 0 Å². The summed E-state index contributed by atoms with van der Waals surface area (Å²) >= 11 is 3.73. The zero-order chi connectivity index (χ0) is 28.8. The third kappa shape index (κ3) is 5.26. The van der Waals surface area contributed by atoms with Crippen molar-refractivity contribution in [3.05, 3.63) is 86.0 Å². The lowest BCUT2D eigenvalue weighted by molar-refractivity contribution is -0.382. The van der Waals surface area contributed by atoms with Gasteiger partial charge >= 0.3 is 33.4 Å². The van der Waals surface area contributed by atoms with Crippen molar-refractivity contribution < 1.29 is 51.6 Å². The molecule has 0 atom stereocenters. The fourth-order valence-corrected chi connectivity index (χ4v) is 9.00. The summed E-state index contributed by atoms with van der Waals surface area (Å²) in [6, 6.07) is 17.2. The second kappa shape index (κ2) is 10.6. The molecule has 0 spiro atoms. The van der Waals surface area contributed by atoms with Crippen molar-refractivity contribution in [1.82, 2.24) is 0 Å². The molecule has 208 valence electrons. The van der Waals surface area contributed by atoms with Gasteiger partial charge in [-0.1, -0.05) is 18.2 Å². The van der Waals surface area contributed by atoms with E-state index in [0.29, 0.717) is 7.14 Å². The summed E-state index contributed by atoms with van der Waals surface area (Å²) in [5.74, 6) is -14.9. The minimum Gasteiger partial charge on any atom is -0.202 e. The van der Waals surface area contributed by atoms with Gasteiger partial charge in [0.15, 0.2) is 0 Å². The monoisotopic (exact) mass is 814 g/mol. The van der Waals surface area contributed by atoms with E-state index in [0.717, 1.165) is 0 Å². The molecular weight excluding hydrogens is 801 g/mol. The number of hydrogen-bond acceptors (Lipinski definition) is 3. The highest BCUT2D eigenvalue weighted by atomic mass is 127. The lowest BCUT2D eigenvalue weighted by Crippen LogP contribution is -2.63. The summed E-state index contributed by atoms with van der Waals surface area (Å²) in [4.78, 5) is -0.432. The molecule has 38 heavy (non-hydrogen) atoms. The fraction of sp³-hybridized carbons (Fsp3) is 0.182. The van der Waals surface area contributed by atoms with E-state index in [1.54, 1.807) is 0 Å². The largest absolute Gasteiger partial charge is 0.460 e. The van der Waals surface area contributed by atoms with Crippen LogP contribution in [0, 0.1) is 7.14 Å². The molecular formula is C22H13F9I2O3S2. The summed E-state index contributed by atoms with van der Waals surface area (Å²) in [7, 11) is -11.2. The van der Waals surface area contributed by atoms with Gasteiger partial charge in [0, 0.05) is 21.8 Å². The molecule has 0 unspecified atom stereocenters. The SMILES string of the molecule is O=S(=O)(OS(c1ccccc1)(c1ccc(I)cc1)c1ccc(I)cc1)C(F)(F)C(F)(F)C(F)(F)C(F)(F)F. The second-order valence-corrected chi connectivity index (χ2v) is 14.4. The van der Waals surface area contributed by atoms with E-state index in [-0.39, 0.29) is 14.7 Å². The van der Waals surface area contributed by atoms with Crippen molar-refractivity contribution in [1.29, 1.82) is 0 Å². The Morgan fingerprint density at radius 1 is 0.553 bits per heavy atom. The minimum atomic E-state index is -7.43. The van der Waals surface area contributed by atoms with Crippen molar-refractivity contribution in [2.24, 2.45) is 0 Å². The molecule has 0 aromatic heterocycles. The smallest absolute Gasteiger partial charge is 0.202 e. The molecule has 0 fully saturated rings. The van der Waals surface area contributed by atoms with E-state index in [4.69, 9.17) is 3.63 Å². The zero-order valence-electron chi connectivity index (χ0n) is 18.2. The van der Waals surface area contributed by atoms with E-state index < -0.39 is 43.7 Å². The Hall–Kier alpha value is -1.25. The van der Waals surface area contributed by atoms with Gasteiger partial charge in [-0.15, -0.1) is 0 Å². The van der Waals surface area contributed by atoms with Gasteiger partial charge in [0.1, 0.15) is 0 Å². The topological polar surface area (TPSA) is 43.4 Å². The molecule has 0 radical (unpaired) electrons. The van der Waals surface area contributed by atoms with Gasteiger partial charge in [-0.2, -0.15) is 47.9 Å². The second-order valence-electron chi connectivity index (χ2n) is 7.46. The van der Waals surface area contributed by atoms with Crippen LogP contribution in [0.2, 0.25) is 0 Å². The third-order valence-electron chi connectivity index (χ3n) is 4.99. The molecule has 3 rings (SSSR count). The molecule has 3 aromatic rings. The highest BCUT2D eigenvalue weighted by Crippen LogP contribution is 2.71. The van der Waals surface area contributed by atoms with Crippen LogP contribution in [0.4, 0.5) is 39.5 Å². The van der Waals surface area contributed by atoms with Crippen LogP contribution in [0.5, 0.6) is 0 Å². The van der Waals surface area contributed by atoms with E-state index in [2.05, 4.69) is 0 Å². The lowest BCUT2D eigenvalue weighted by Gasteiger charge is -2.41. The molecule has 0 heterocycles. The molecule has 3 aromatic carbocycles. The Balaban J connectivity index is 2.36. The third-order valence-corrected chi connectivity index (χ3v) is 11.7. The van der Waals surface area contributed by atoms with Crippen LogP contribution in [-0.2, 0) is 13.7 Å². The highest BCUT2D eigenvalue weighted by molar-refractivity contribution is 14.1. The molecule has 0 aliphatic rings. The molecule has 0 bridgehead atoms. The number of rotatable bonds is 8. The summed E-state index contributed by atoms with van der Waals surface area (Å²) in [5, 5.41) is -7.02. The fourth-order valence-electron chi connectivity index (χ4n) is 3.09. The normalized spacial score (nSPS) is 14.4. The van der Waals surface area contributed by atoms with E-state index >= 15 is 0 Å². The molecule has 0 saturated carbocycles. The molecule has 0 amide bonds. The first-order valence-corrected chi connectivity index (χ1v) is 15.0. The van der Waals surface area contributed by atoms with Crippen LogP contribution in [0.3, 0.4) is 0 Å². The lowest BCUT2D eigenvalue weighted by atomic mass is 10.1. The standard InChI is InChI=1S/C22H13F9I2O3S2/c23-19(24,21(27,28)29)20(25,26)22(30,31)38(34,35)36-37(16-4-2-1-3-5-16,17-10-6-14(32)7-11-17)18-12-8-15(33)9-13-18/h1-13H. The first-order chi connectivity index (χ1) is 17.3. The summed E-state index contributed by atoms with van der Waals surface area (Å²) in [6.07, 6.45) is -7.20. The Kier molecular flexibility index (Phi) is 8.74. The van der Waals surface area contributed by atoms with E-state index in [1.807, 2.05) is 45.2 Å². The summed E-state index contributed by atoms with van der Waals surface area (Å²) < 4.78 is 155. The van der Waals surface area contributed by atoms with Crippen molar-refractivity contribution in [3.63, 3.8) is 0 Å². The first kappa shape index (κ1) is 31.3. The molecule has 0 aliphatic carbocycles. The predicted molar refractivity (Wildman–Crippen MR) is 138 cm³/mol. The molecule has 3 nitrogen and oxygen atoms in total. The van der Waals surface area contributed by atoms with Gasteiger partial charge in [-0.05, 0) is 116 Å². The first-order valence-electron chi connectivity index (χ1n) is 9.87. The van der Waals surface area contributed by atoms with Crippen LogP contribution in [0.1, 0.15) is 0 Å². The van der Waals surface area contributed by atoms with Gasteiger partial charge in [0.05, 0.1) is 0 Å². The Morgan fingerprint density at radius 2 is 0.921 bits per heavy atom. The van der Waals surface area contributed by atoms with Crippen LogP contribution in [0.15, 0.2) is 93.5 Å². The van der Waals surface area contributed by atoms with Crippen LogP contribution in [-0.4, -0.2) is 31.7 Å². The van der Waals surface area contributed by atoms with E-state index in [9.17, 15) is 47.9 Å². The quantitative estimate of drug-likeness (QED) is 0.169. The maximum Gasteiger partial charge on any atom is 0.460 e. The van der Waals surface area contributed by atoms with Crippen molar-refractivity contribution in [2.75, 3.05) is 0 Å². The van der Waals surface area contributed by atoms with Crippen molar-refractivity contribution in [2.45, 2.75) is 38.0 Å². The molecule has 16 heteroatoms. The average Bonchev–Trinajstić information content (AvgIpc) is 2.83. The van der Waals surface area contributed by atoms with Crippen molar-refractivity contribution in [3.8, 4) is 0 Å². The summed E-state index contributed by atoms with van der Waals surface area (Å²) in [5.41, 5.74) is 0. The molecule has 0 saturated heterocycles. The summed E-state index contributed by atoms with van der Waals surface area (Å²) in [6.45, 7) is 0. The Bertz CT molecular complexity index is 1340. The van der Waals surface area contributed by atoms with Crippen molar-refractivity contribution >= 4 is 65.6 Å². The highest BCUT2D eigenvalue weighted by Gasteiger charge is 2.86. The maximum atomic E-state index is 14.8.